The topological polar surface area (TPSA) is 90.9 Å². The van der Waals surface area contributed by atoms with Gasteiger partial charge in [0.25, 0.3) is 0 Å². The van der Waals surface area contributed by atoms with Crippen molar-refractivity contribution in [3.63, 3.8) is 0 Å². The summed E-state index contributed by atoms with van der Waals surface area (Å²) in [6, 6.07) is 8.19. The second kappa shape index (κ2) is 10.9. The molecule has 1 aromatic carbocycles. The lowest BCUT2D eigenvalue weighted by atomic mass is 10.1. The highest BCUT2D eigenvalue weighted by atomic mass is 16.6. The van der Waals surface area contributed by atoms with E-state index >= 15 is 0 Å². The molecule has 0 bridgehead atoms. The number of esters is 2. The fourth-order valence-electron chi connectivity index (χ4n) is 1.80. The van der Waals surface area contributed by atoms with Crippen molar-refractivity contribution in [1.82, 2.24) is 5.32 Å². The van der Waals surface area contributed by atoms with Crippen LogP contribution < -0.4 is 10.1 Å². The lowest BCUT2D eigenvalue weighted by Gasteiger charge is -2.21. The molecule has 0 spiro atoms. The predicted octanol–water partition coefficient (Wildman–Crippen LogP) is 2.85. The Hall–Kier alpha value is -2.83. The summed E-state index contributed by atoms with van der Waals surface area (Å²) in [5.41, 5.74) is 0. The summed E-state index contributed by atoms with van der Waals surface area (Å²) in [4.78, 5) is 35.0. The van der Waals surface area contributed by atoms with E-state index < -0.39 is 24.1 Å². The molecule has 0 aliphatic heterocycles. The van der Waals surface area contributed by atoms with Gasteiger partial charge in [0.1, 0.15) is 12.4 Å². The minimum Gasteiger partial charge on any atom is -0.460 e. The zero-order valence-electron chi connectivity index (χ0n) is 15.4. The molecule has 0 saturated heterocycles. The Morgan fingerprint density at radius 1 is 1.00 bits per heavy atom. The molecule has 0 saturated carbocycles. The molecule has 0 radical (unpaired) electrons. The molecule has 1 rings (SSSR count). The highest BCUT2D eigenvalue weighted by Gasteiger charge is 2.19. The van der Waals surface area contributed by atoms with E-state index in [4.69, 9.17) is 14.2 Å². The van der Waals surface area contributed by atoms with Crippen LogP contribution in [0.5, 0.6) is 5.75 Å². The van der Waals surface area contributed by atoms with E-state index in [1.807, 2.05) is 19.9 Å². The van der Waals surface area contributed by atoms with Gasteiger partial charge in [-0.2, -0.15) is 0 Å². The minimum atomic E-state index is -0.699. The lowest BCUT2D eigenvalue weighted by molar-refractivity contribution is -0.143. The third-order valence-electron chi connectivity index (χ3n) is 3.17. The Labute approximate surface area is 153 Å². The van der Waals surface area contributed by atoms with E-state index in [1.165, 1.54) is 0 Å². The number of carbonyl (C=O) groups excluding carboxylic acids is 3. The van der Waals surface area contributed by atoms with Gasteiger partial charge in [-0.05, 0) is 31.9 Å². The Morgan fingerprint density at radius 2 is 1.62 bits per heavy atom. The Kier molecular flexibility index (Phi) is 8.91. The highest BCUT2D eigenvalue weighted by Crippen LogP contribution is 2.09. The molecule has 1 N–H and O–H groups in total. The van der Waals surface area contributed by atoms with Crippen LogP contribution in [0.15, 0.2) is 42.5 Å². The normalized spacial score (nSPS) is 12.1. The first kappa shape index (κ1) is 21.2. The quantitative estimate of drug-likeness (QED) is 0.564. The van der Waals surface area contributed by atoms with Gasteiger partial charge >= 0.3 is 18.0 Å². The van der Waals surface area contributed by atoms with Crippen LogP contribution in [0.3, 0.4) is 0 Å². The first-order valence-corrected chi connectivity index (χ1v) is 8.36. The zero-order chi connectivity index (χ0) is 19.5. The molecule has 1 aromatic rings. The van der Waals surface area contributed by atoms with Crippen LogP contribution in [-0.2, 0) is 19.1 Å². The van der Waals surface area contributed by atoms with Crippen LogP contribution in [0.2, 0.25) is 0 Å². The van der Waals surface area contributed by atoms with Gasteiger partial charge in [0, 0.05) is 12.2 Å². The maximum atomic E-state index is 11.9. The van der Waals surface area contributed by atoms with Gasteiger partial charge in [0.05, 0.1) is 12.1 Å². The first-order valence-electron chi connectivity index (χ1n) is 8.36. The number of benzene rings is 1. The van der Waals surface area contributed by atoms with Gasteiger partial charge < -0.3 is 19.5 Å². The average Bonchev–Trinajstić information content (AvgIpc) is 2.56. The molecule has 1 atom stereocenters. The van der Waals surface area contributed by atoms with Crippen molar-refractivity contribution in [3.8, 4) is 5.75 Å². The van der Waals surface area contributed by atoms with Crippen LogP contribution in [0.4, 0.5) is 4.79 Å². The summed E-state index contributed by atoms with van der Waals surface area (Å²) in [5, 5.41) is 2.66. The van der Waals surface area contributed by atoms with E-state index in [0.717, 1.165) is 12.2 Å². The lowest BCUT2D eigenvalue weighted by Crippen LogP contribution is -2.43. The van der Waals surface area contributed by atoms with Crippen LogP contribution in [0.25, 0.3) is 0 Å². The second-order valence-electron chi connectivity index (χ2n) is 6.15. The molecule has 0 aliphatic carbocycles. The number of hydrogen-bond acceptors (Lipinski definition) is 6. The van der Waals surface area contributed by atoms with E-state index in [2.05, 4.69) is 5.32 Å². The third-order valence-corrected chi connectivity index (χ3v) is 3.17. The molecule has 0 aliphatic rings. The third kappa shape index (κ3) is 8.86. The van der Waals surface area contributed by atoms with Crippen LogP contribution in [-0.4, -0.2) is 36.8 Å². The van der Waals surface area contributed by atoms with Crippen molar-refractivity contribution in [3.05, 3.63) is 42.5 Å². The van der Waals surface area contributed by atoms with Crippen LogP contribution in [0.1, 0.15) is 27.7 Å². The molecule has 7 nitrogen and oxygen atoms in total. The summed E-state index contributed by atoms with van der Waals surface area (Å²) in [6.07, 6.45) is 1.09. The van der Waals surface area contributed by atoms with E-state index in [1.54, 1.807) is 38.1 Å². The average molecular weight is 363 g/mol. The monoisotopic (exact) mass is 363 g/mol. The molecule has 1 amide bonds. The molecule has 26 heavy (non-hydrogen) atoms. The van der Waals surface area contributed by atoms with Gasteiger partial charge in [-0.3, -0.25) is 0 Å². The number of amides is 1. The van der Waals surface area contributed by atoms with Crippen molar-refractivity contribution in [2.75, 3.05) is 6.61 Å². The van der Waals surface area contributed by atoms with Crippen molar-refractivity contribution in [2.45, 2.75) is 39.8 Å². The predicted molar refractivity (Wildman–Crippen MR) is 95.6 cm³/mol. The van der Waals surface area contributed by atoms with E-state index in [9.17, 15) is 14.4 Å². The maximum absolute atomic E-state index is 11.9. The number of rotatable bonds is 8. The smallest absolute Gasteiger partial charge is 0.412 e. The van der Waals surface area contributed by atoms with Gasteiger partial charge in [0.15, 0.2) is 0 Å². The standard InChI is InChI=1S/C19H25NO6/c1-13(2)16(20-19(23)26-15-8-6-5-7-9-15)12-24-17(21)10-11-18(22)25-14(3)4/h5-11,13-14,16H,12H2,1-4H3,(H,20,23)/b11-10+/t16-/m1/s1. The van der Waals surface area contributed by atoms with Crippen LogP contribution >= 0.6 is 0 Å². The van der Waals surface area contributed by atoms with Gasteiger partial charge in [-0.15, -0.1) is 0 Å². The number of hydrogen-bond donors (Lipinski definition) is 1. The molecular weight excluding hydrogens is 338 g/mol. The molecule has 7 heteroatoms. The largest absolute Gasteiger partial charge is 0.460 e. The maximum Gasteiger partial charge on any atom is 0.412 e. The van der Waals surface area contributed by atoms with Gasteiger partial charge in [-0.1, -0.05) is 32.0 Å². The Bertz CT molecular complexity index is 624. The molecule has 0 aromatic heterocycles. The highest BCUT2D eigenvalue weighted by molar-refractivity contribution is 5.91. The Balaban J connectivity index is 2.47. The summed E-state index contributed by atoms with van der Waals surface area (Å²) in [7, 11) is 0. The number of ether oxygens (including phenoxy) is 3. The van der Waals surface area contributed by atoms with Gasteiger partial charge in [-0.25, -0.2) is 14.4 Å². The van der Waals surface area contributed by atoms with E-state index in [-0.39, 0.29) is 18.6 Å². The Morgan fingerprint density at radius 3 is 2.19 bits per heavy atom. The number of nitrogens with one attached hydrogen (secondary N) is 1. The summed E-state index contributed by atoms with van der Waals surface area (Å²) >= 11 is 0. The summed E-state index contributed by atoms with van der Waals surface area (Å²) < 4.78 is 15.1. The molecule has 0 unspecified atom stereocenters. The molecule has 0 fully saturated rings. The fourth-order valence-corrected chi connectivity index (χ4v) is 1.80. The second-order valence-corrected chi connectivity index (χ2v) is 6.15. The summed E-state index contributed by atoms with van der Waals surface area (Å²) in [5.74, 6) is -0.909. The number of carbonyl (C=O) groups is 3. The van der Waals surface area contributed by atoms with Gasteiger partial charge in [0.2, 0.25) is 0 Å². The number of para-hydroxylation sites is 1. The first-order chi connectivity index (χ1) is 12.3. The fraction of sp³-hybridized carbons (Fsp3) is 0.421. The molecule has 0 heterocycles. The van der Waals surface area contributed by atoms with E-state index in [0.29, 0.717) is 5.75 Å². The molecule has 142 valence electrons. The zero-order valence-corrected chi connectivity index (χ0v) is 15.4. The van der Waals surface area contributed by atoms with Crippen molar-refractivity contribution >= 4 is 18.0 Å². The van der Waals surface area contributed by atoms with Crippen molar-refractivity contribution in [2.24, 2.45) is 5.92 Å². The summed E-state index contributed by atoms with van der Waals surface area (Å²) in [6.45, 7) is 7.10. The minimum absolute atomic E-state index is 0.000934. The van der Waals surface area contributed by atoms with Crippen LogP contribution in [0, 0.1) is 5.92 Å². The van der Waals surface area contributed by atoms with Crippen molar-refractivity contribution < 1.29 is 28.6 Å². The molecular formula is C19H25NO6. The van der Waals surface area contributed by atoms with Crippen molar-refractivity contribution in [1.29, 1.82) is 0 Å². The SMILES string of the molecule is CC(C)OC(=O)/C=C/C(=O)OC[C@@H](NC(=O)Oc1ccccc1)C(C)C.